The van der Waals surface area contributed by atoms with Crippen molar-refractivity contribution >= 4 is 0 Å². The van der Waals surface area contributed by atoms with Crippen LogP contribution in [0.3, 0.4) is 0 Å². The molecule has 0 amide bonds. The largest absolute Gasteiger partial charge is 0.419 e. The van der Waals surface area contributed by atoms with Crippen molar-refractivity contribution in [3.63, 3.8) is 0 Å². The molecule has 25 heavy (non-hydrogen) atoms. The molecule has 1 aliphatic rings. The van der Waals surface area contributed by atoms with Crippen LogP contribution in [0, 0.1) is 13.8 Å². The number of aromatic nitrogens is 4. The Morgan fingerprint density at radius 2 is 1.96 bits per heavy atom. The van der Waals surface area contributed by atoms with Crippen LogP contribution >= 0.6 is 0 Å². The van der Waals surface area contributed by atoms with E-state index in [1.807, 2.05) is 23.0 Å². The quantitative estimate of drug-likeness (QED) is 0.715. The molecule has 0 N–H and O–H groups in total. The summed E-state index contributed by atoms with van der Waals surface area (Å²) in [7, 11) is 0. The molecule has 0 radical (unpaired) electrons. The first-order valence-electron chi connectivity index (χ1n) is 8.80. The fourth-order valence-electron chi connectivity index (χ4n) is 3.40. The highest BCUT2D eigenvalue weighted by atomic mass is 16.4. The highest BCUT2D eigenvalue weighted by Crippen LogP contribution is 2.23. The van der Waals surface area contributed by atoms with Crippen LogP contribution < -0.4 is 0 Å². The lowest BCUT2D eigenvalue weighted by Crippen LogP contribution is -2.32. The molecule has 3 heterocycles. The number of rotatable bonds is 5. The van der Waals surface area contributed by atoms with Gasteiger partial charge in [-0.25, -0.2) is 0 Å². The van der Waals surface area contributed by atoms with Gasteiger partial charge in [0, 0.05) is 17.8 Å². The van der Waals surface area contributed by atoms with Crippen LogP contribution in [0.25, 0.3) is 11.5 Å². The average molecular weight is 337 g/mol. The van der Waals surface area contributed by atoms with Crippen molar-refractivity contribution in [2.75, 3.05) is 6.54 Å². The Hall–Kier alpha value is -2.47. The fourth-order valence-corrected chi connectivity index (χ4v) is 3.40. The molecule has 3 aromatic rings. The second-order valence-corrected chi connectivity index (χ2v) is 6.87. The van der Waals surface area contributed by atoms with E-state index in [1.165, 1.54) is 24.0 Å². The molecule has 6 nitrogen and oxygen atoms in total. The van der Waals surface area contributed by atoms with E-state index in [0.717, 1.165) is 18.7 Å². The molecule has 0 saturated carbocycles. The van der Waals surface area contributed by atoms with E-state index in [2.05, 4.69) is 52.4 Å². The average Bonchev–Trinajstić information content (AvgIpc) is 3.32. The summed E-state index contributed by atoms with van der Waals surface area (Å²) in [6.45, 7) is 6.81. The second-order valence-electron chi connectivity index (χ2n) is 6.87. The van der Waals surface area contributed by atoms with Crippen LogP contribution in [0.5, 0.6) is 0 Å². The maximum atomic E-state index is 5.89. The Balaban J connectivity index is 1.43. The molecule has 0 unspecified atom stereocenters. The molecule has 2 aromatic heterocycles. The van der Waals surface area contributed by atoms with Gasteiger partial charge in [0.15, 0.2) is 0 Å². The Kier molecular flexibility index (Phi) is 4.36. The van der Waals surface area contributed by atoms with Crippen LogP contribution in [-0.2, 0) is 13.1 Å². The van der Waals surface area contributed by atoms with Crippen molar-refractivity contribution in [3.05, 3.63) is 53.7 Å². The number of benzene rings is 1. The summed E-state index contributed by atoms with van der Waals surface area (Å²) in [6, 6.07) is 8.62. The molecule has 1 fully saturated rings. The standard InChI is InChI=1S/C19H23N5O/c1-14-5-7-16(8-6-14)19-22-21-18(25-19)13-23-9-3-4-17(23)12-24-11-15(2)10-20-24/h5-8,10-11,17H,3-4,9,12-13H2,1-2H3/t17-/m0/s1. The van der Waals surface area contributed by atoms with Gasteiger partial charge in [0.2, 0.25) is 11.8 Å². The molecule has 0 aliphatic carbocycles. The molecule has 130 valence electrons. The summed E-state index contributed by atoms with van der Waals surface area (Å²) in [5.41, 5.74) is 3.38. The van der Waals surface area contributed by atoms with E-state index in [-0.39, 0.29) is 0 Å². The van der Waals surface area contributed by atoms with E-state index in [4.69, 9.17) is 4.42 Å². The van der Waals surface area contributed by atoms with Gasteiger partial charge >= 0.3 is 0 Å². The third-order valence-corrected chi connectivity index (χ3v) is 4.76. The summed E-state index contributed by atoms with van der Waals surface area (Å²) < 4.78 is 7.92. The zero-order valence-electron chi connectivity index (χ0n) is 14.7. The van der Waals surface area contributed by atoms with Gasteiger partial charge in [-0.1, -0.05) is 17.7 Å². The summed E-state index contributed by atoms with van der Waals surface area (Å²) >= 11 is 0. The van der Waals surface area contributed by atoms with Gasteiger partial charge in [0.1, 0.15) is 0 Å². The van der Waals surface area contributed by atoms with Crippen molar-refractivity contribution in [1.82, 2.24) is 24.9 Å². The topological polar surface area (TPSA) is 60.0 Å². The maximum Gasteiger partial charge on any atom is 0.247 e. The highest BCUT2D eigenvalue weighted by Gasteiger charge is 2.26. The molecule has 6 heteroatoms. The normalized spacial score (nSPS) is 18.1. The first-order chi connectivity index (χ1) is 12.2. The lowest BCUT2D eigenvalue weighted by Gasteiger charge is -2.22. The molecule has 0 bridgehead atoms. The second kappa shape index (κ2) is 6.80. The van der Waals surface area contributed by atoms with Crippen LogP contribution in [0.15, 0.2) is 41.1 Å². The Morgan fingerprint density at radius 1 is 1.12 bits per heavy atom. The zero-order valence-corrected chi connectivity index (χ0v) is 14.7. The number of hydrogen-bond acceptors (Lipinski definition) is 5. The third-order valence-electron chi connectivity index (χ3n) is 4.76. The van der Waals surface area contributed by atoms with E-state index in [1.54, 1.807) is 0 Å². The molecular weight excluding hydrogens is 314 g/mol. The van der Waals surface area contributed by atoms with Crippen LogP contribution in [-0.4, -0.2) is 37.5 Å². The number of hydrogen-bond donors (Lipinski definition) is 0. The number of aryl methyl sites for hydroxylation is 2. The summed E-state index contributed by atoms with van der Waals surface area (Å²) in [5, 5.41) is 12.9. The minimum atomic E-state index is 0.467. The predicted molar refractivity (Wildman–Crippen MR) is 94.9 cm³/mol. The predicted octanol–water partition coefficient (Wildman–Crippen LogP) is 3.21. The fraction of sp³-hybridized carbons (Fsp3) is 0.421. The monoisotopic (exact) mass is 337 g/mol. The van der Waals surface area contributed by atoms with E-state index in [9.17, 15) is 0 Å². The number of likely N-dealkylation sites (tertiary alicyclic amines) is 1. The lowest BCUT2D eigenvalue weighted by atomic mass is 10.1. The van der Waals surface area contributed by atoms with Gasteiger partial charge in [-0.2, -0.15) is 5.10 Å². The lowest BCUT2D eigenvalue weighted by molar-refractivity contribution is 0.200. The van der Waals surface area contributed by atoms with Gasteiger partial charge in [-0.15, -0.1) is 10.2 Å². The van der Waals surface area contributed by atoms with Crippen LogP contribution in [0.2, 0.25) is 0 Å². The summed E-state index contributed by atoms with van der Waals surface area (Å²) in [6.07, 6.45) is 6.38. The highest BCUT2D eigenvalue weighted by molar-refractivity contribution is 5.52. The number of nitrogens with zero attached hydrogens (tertiary/aromatic N) is 5. The van der Waals surface area contributed by atoms with Crippen molar-refractivity contribution in [3.8, 4) is 11.5 Å². The first kappa shape index (κ1) is 16.0. The van der Waals surface area contributed by atoms with Gasteiger partial charge in [0.05, 0.1) is 19.3 Å². The van der Waals surface area contributed by atoms with Gasteiger partial charge in [-0.3, -0.25) is 9.58 Å². The molecule has 0 spiro atoms. The molecule has 1 aliphatic heterocycles. The van der Waals surface area contributed by atoms with E-state index >= 15 is 0 Å². The van der Waals surface area contributed by atoms with Crippen LogP contribution in [0.4, 0.5) is 0 Å². The first-order valence-corrected chi connectivity index (χ1v) is 8.80. The molecular formula is C19H23N5O. The van der Waals surface area contributed by atoms with Crippen molar-refractivity contribution in [1.29, 1.82) is 0 Å². The Morgan fingerprint density at radius 3 is 2.72 bits per heavy atom. The molecule has 1 aromatic carbocycles. The zero-order chi connectivity index (χ0) is 17.2. The van der Waals surface area contributed by atoms with Crippen molar-refractivity contribution < 1.29 is 4.42 Å². The van der Waals surface area contributed by atoms with Crippen molar-refractivity contribution in [2.24, 2.45) is 0 Å². The minimum Gasteiger partial charge on any atom is -0.419 e. The molecule has 4 rings (SSSR count). The van der Waals surface area contributed by atoms with Gasteiger partial charge in [0.25, 0.3) is 0 Å². The smallest absolute Gasteiger partial charge is 0.247 e. The van der Waals surface area contributed by atoms with Gasteiger partial charge in [-0.05, 0) is 50.9 Å². The molecule has 1 atom stereocenters. The van der Waals surface area contributed by atoms with Crippen molar-refractivity contribution in [2.45, 2.75) is 45.8 Å². The van der Waals surface area contributed by atoms with E-state index in [0.29, 0.717) is 24.4 Å². The Bertz CT molecular complexity index is 836. The van der Waals surface area contributed by atoms with Gasteiger partial charge < -0.3 is 4.42 Å². The van der Waals surface area contributed by atoms with E-state index < -0.39 is 0 Å². The van der Waals surface area contributed by atoms with Crippen LogP contribution in [0.1, 0.15) is 29.9 Å². The third kappa shape index (κ3) is 3.64. The summed E-state index contributed by atoms with van der Waals surface area (Å²) in [4.78, 5) is 2.42. The summed E-state index contributed by atoms with van der Waals surface area (Å²) in [5.74, 6) is 1.27. The SMILES string of the molecule is Cc1ccc(-c2nnc(CN3CCC[C@H]3Cn3cc(C)cn3)o2)cc1. The molecule has 1 saturated heterocycles. The maximum absolute atomic E-state index is 5.89. The minimum absolute atomic E-state index is 0.467. The Labute approximate surface area is 147 Å².